The summed E-state index contributed by atoms with van der Waals surface area (Å²) in [4.78, 5) is 14.6. The molecule has 4 nitrogen and oxygen atoms in total. The third kappa shape index (κ3) is 4.40. The number of rotatable bonds is 5. The fourth-order valence-electron chi connectivity index (χ4n) is 3.17. The molecule has 25 heavy (non-hydrogen) atoms. The molecular weight excluding hydrogens is 314 g/mol. The van der Waals surface area contributed by atoms with Gasteiger partial charge in [0.05, 0.1) is 26.2 Å². The highest BCUT2D eigenvalue weighted by atomic mass is 16.5. The summed E-state index contributed by atoms with van der Waals surface area (Å²) in [5, 5.41) is 0. The fraction of sp³-hybridized carbons (Fsp3) is 0.381. The Balaban J connectivity index is 1.63. The van der Waals surface area contributed by atoms with Gasteiger partial charge in [-0.15, -0.1) is 0 Å². The van der Waals surface area contributed by atoms with E-state index in [4.69, 9.17) is 9.47 Å². The smallest absolute Gasteiger partial charge is 0.227 e. The topological polar surface area (TPSA) is 38.8 Å². The lowest BCUT2D eigenvalue weighted by atomic mass is 10.0. The lowest BCUT2D eigenvalue weighted by Gasteiger charge is -2.34. The summed E-state index contributed by atoms with van der Waals surface area (Å²) in [6.07, 6.45) is 0.367. The summed E-state index contributed by atoms with van der Waals surface area (Å²) in [7, 11) is 0. The number of morpholine rings is 1. The van der Waals surface area contributed by atoms with E-state index in [2.05, 4.69) is 19.1 Å². The van der Waals surface area contributed by atoms with E-state index in [0.717, 1.165) is 11.3 Å². The largest absolute Gasteiger partial charge is 0.494 e. The maximum Gasteiger partial charge on any atom is 0.227 e. The van der Waals surface area contributed by atoms with Crippen LogP contribution < -0.4 is 4.74 Å². The number of carbonyl (C=O) groups excluding carboxylic acids is 1. The predicted molar refractivity (Wildman–Crippen MR) is 97.8 cm³/mol. The first-order valence-corrected chi connectivity index (χ1v) is 8.84. The first-order valence-electron chi connectivity index (χ1n) is 8.84. The van der Waals surface area contributed by atoms with Crippen molar-refractivity contribution in [2.75, 3.05) is 26.3 Å². The molecule has 1 atom stereocenters. The average Bonchev–Trinajstić information content (AvgIpc) is 2.64. The third-order valence-electron chi connectivity index (χ3n) is 4.54. The highest BCUT2D eigenvalue weighted by Crippen LogP contribution is 2.25. The van der Waals surface area contributed by atoms with Gasteiger partial charge in [0.2, 0.25) is 5.91 Å². The molecule has 132 valence electrons. The van der Waals surface area contributed by atoms with Gasteiger partial charge in [0.1, 0.15) is 11.9 Å². The monoisotopic (exact) mass is 339 g/mol. The second kappa shape index (κ2) is 8.17. The zero-order valence-corrected chi connectivity index (χ0v) is 14.9. The fourth-order valence-corrected chi connectivity index (χ4v) is 3.17. The van der Waals surface area contributed by atoms with E-state index in [9.17, 15) is 4.79 Å². The molecule has 0 N–H and O–H groups in total. The Hall–Kier alpha value is -2.33. The van der Waals surface area contributed by atoms with Crippen molar-refractivity contribution >= 4 is 5.91 Å². The first kappa shape index (κ1) is 17.5. The summed E-state index contributed by atoms with van der Waals surface area (Å²) < 4.78 is 11.4. The maximum absolute atomic E-state index is 12.7. The van der Waals surface area contributed by atoms with Gasteiger partial charge >= 0.3 is 0 Å². The standard InChI is InChI=1S/C21H25NO3/c1-3-24-18-10-8-17(9-11-18)14-21(23)22-12-13-25-20(15-22)19-7-5-4-6-16(19)2/h4-11,20H,3,12-15H2,1-2H3. The van der Waals surface area contributed by atoms with Crippen molar-refractivity contribution in [2.45, 2.75) is 26.4 Å². The first-order chi connectivity index (χ1) is 12.2. The number of benzene rings is 2. The second-order valence-electron chi connectivity index (χ2n) is 6.31. The SMILES string of the molecule is CCOc1ccc(CC(=O)N2CCOC(c3ccccc3C)C2)cc1. The van der Waals surface area contributed by atoms with Crippen LogP contribution in [0.3, 0.4) is 0 Å². The summed E-state index contributed by atoms with van der Waals surface area (Å²) in [6.45, 7) is 6.53. The van der Waals surface area contributed by atoms with Crippen molar-refractivity contribution in [1.82, 2.24) is 4.90 Å². The van der Waals surface area contributed by atoms with Crippen molar-refractivity contribution in [1.29, 1.82) is 0 Å². The molecule has 1 aliphatic rings. The number of aryl methyl sites for hydroxylation is 1. The highest BCUT2D eigenvalue weighted by Gasteiger charge is 2.26. The molecule has 0 aromatic heterocycles. The minimum atomic E-state index is -0.0424. The van der Waals surface area contributed by atoms with Crippen LogP contribution in [0.25, 0.3) is 0 Å². The minimum Gasteiger partial charge on any atom is -0.494 e. The molecular formula is C21H25NO3. The van der Waals surface area contributed by atoms with Crippen LogP contribution >= 0.6 is 0 Å². The minimum absolute atomic E-state index is 0.0424. The molecule has 1 fully saturated rings. The van der Waals surface area contributed by atoms with Crippen molar-refractivity contribution in [3.05, 3.63) is 65.2 Å². The summed E-state index contributed by atoms with van der Waals surface area (Å²) >= 11 is 0. The number of nitrogens with zero attached hydrogens (tertiary/aromatic N) is 1. The number of ether oxygens (including phenoxy) is 2. The molecule has 0 saturated carbocycles. The van der Waals surface area contributed by atoms with Crippen LogP contribution in [-0.2, 0) is 16.0 Å². The van der Waals surface area contributed by atoms with Gasteiger partial charge < -0.3 is 14.4 Å². The summed E-state index contributed by atoms with van der Waals surface area (Å²) in [5.74, 6) is 0.982. The van der Waals surface area contributed by atoms with Crippen LogP contribution in [0, 0.1) is 6.92 Å². The molecule has 0 aliphatic carbocycles. The molecule has 0 bridgehead atoms. The van der Waals surface area contributed by atoms with Crippen LogP contribution in [0.1, 0.15) is 29.7 Å². The molecule has 0 radical (unpaired) electrons. The average molecular weight is 339 g/mol. The Morgan fingerprint density at radius 2 is 1.96 bits per heavy atom. The van der Waals surface area contributed by atoms with E-state index < -0.39 is 0 Å². The van der Waals surface area contributed by atoms with Crippen LogP contribution in [-0.4, -0.2) is 37.1 Å². The quantitative estimate of drug-likeness (QED) is 0.836. The van der Waals surface area contributed by atoms with Crippen molar-refractivity contribution in [3.8, 4) is 5.75 Å². The van der Waals surface area contributed by atoms with E-state index in [1.807, 2.05) is 48.2 Å². The van der Waals surface area contributed by atoms with Gasteiger partial charge in [0, 0.05) is 6.54 Å². The molecule has 1 heterocycles. The van der Waals surface area contributed by atoms with Gasteiger partial charge in [0.25, 0.3) is 0 Å². The lowest BCUT2D eigenvalue weighted by Crippen LogP contribution is -2.43. The molecule has 0 spiro atoms. The highest BCUT2D eigenvalue weighted by molar-refractivity contribution is 5.79. The van der Waals surface area contributed by atoms with Gasteiger partial charge in [-0.1, -0.05) is 36.4 Å². The predicted octanol–water partition coefficient (Wildman–Crippen LogP) is 3.54. The van der Waals surface area contributed by atoms with Crippen LogP contribution in [0.15, 0.2) is 48.5 Å². The van der Waals surface area contributed by atoms with Crippen LogP contribution in [0.5, 0.6) is 5.75 Å². The molecule has 1 saturated heterocycles. The molecule has 4 heteroatoms. The summed E-state index contributed by atoms with van der Waals surface area (Å²) in [6, 6.07) is 16.0. The van der Waals surface area contributed by atoms with Crippen LogP contribution in [0.4, 0.5) is 0 Å². The number of amides is 1. The Labute approximate surface area is 149 Å². The Kier molecular flexibility index (Phi) is 5.71. The number of carbonyl (C=O) groups is 1. The van der Waals surface area contributed by atoms with Crippen molar-refractivity contribution < 1.29 is 14.3 Å². The molecule has 1 aliphatic heterocycles. The normalized spacial score (nSPS) is 17.4. The van der Waals surface area contributed by atoms with Gasteiger partial charge in [-0.2, -0.15) is 0 Å². The second-order valence-corrected chi connectivity index (χ2v) is 6.31. The maximum atomic E-state index is 12.7. The Bertz CT molecular complexity index is 711. The molecule has 3 rings (SSSR count). The molecule has 1 amide bonds. The van der Waals surface area contributed by atoms with E-state index >= 15 is 0 Å². The zero-order valence-electron chi connectivity index (χ0n) is 14.9. The van der Waals surface area contributed by atoms with Gasteiger partial charge in [0.15, 0.2) is 0 Å². The van der Waals surface area contributed by atoms with E-state index in [0.29, 0.717) is 32.7 Å². The molecule has 2 aromatic rings. The summed E-state index contributed by atoms with van der Waals surface area (Å²) in [5.41, 5.74) is 3.38. The van der Waals surface area contributed by atoms with E-state index in [1.54, 1.807) is 0 Å². The van der Waals surface area contributed by atoms with E-state index in [1.165, 1.54) is 11.1 Å². The molecule has 2 aromatic carbocycles. The van der Waals surface area contributed by atoms with Gasteiger partial charge in [-0.25, -0.2) is 0 Å². The van der Waals surface area contributed by atoms with Crippen LogP contribution in [0.2, 0.25) is 0 Å². The zero-order chi connectivity index (χ0) is 17.6. The third-order valence-corrected chi connectivity index (χ3v) is 4.54. The van der Waals surface area contributed by atoms with Gasteiger partial charge in [-0.3, -0.25) is 4.79 Å². The Morgan fingerprint density at radius 1 is 1.20 bits per heavy atom. The van der Waals surface area contributed by atoms with Gasteiger partial charge in [-0.05, 0) is 42.7 Å². The molecule has 1 unspecified atom stereocenters. The Morgan fingerprint density at radius 3 is 2.68 bits per heavy atom. The number of hydrogen-bond acceptors (Lipinski definition) is 3. The van der Waals surface area contributed by atoms with Crippen molar-refractivity contribution in [2.24, 2.45) is 0 Å². The lowest BCUT2D eigenvalue weighted by molar-refractivity contribution is -0.138. The van der Waals surface area contributed by atoms with E-state index in [-0.39, 0.29) is 12.0 Å². The number of hydrogen-bond donors (Lipinski definition) is 0. The van der Waals surface area contributed by atoms with Crippen molar-refractivity contribution in [3.63, 3.8) is 0 Å².